The van der Waals surface area contributed by atoms with E-state index >= 15 is 0 Å². The Morgan fingerprint density at radius 3 is 1.23 bits per heavy atom. The Morgan fingerprint density at radius 2 is 0.615 bits per heavy atom. The standard InChI is InChI=1S/C62H43N3/c1-40-24-28-59-53(32-40)54-33-41(2)25-29-60(54)64(59)49-27-31-62-56(39-49)52-21-10-12-23-58(52)65(62)50-36-46(43-16-7-4-8-17-43)34-47(37-50)44-18-13-19-48(35-44)63-57-22-11-9-20-51(57)55-38-45(26-30-61(55)63)42-14-5-3-6-15-42/h3-39H,1-2H3. The van der Waals surface area contributed by atoms with Crippen LogP contribution in [-0.2, 0) is 0 Å². The lowest BCUT2D eigenvalue weighted by atomic mass is 9.97. The van der Waals surface area contributed by atoms with Crippen molar-refractivity contribution in [3.05, 3.63) is 236 Å². The third-order valence-corrected chi connectivity index (χ3v) is 13.5. The Bertz CT molecular complexity index is 3950. The molecule has 3 nitrogen and oxygen atoms in total. The molecule has 13 aromatic rings. The lowest BCUT2D eigenvalue weighted by Gasteiger charge is -2.15. The number of aromatic nitrogens is 3. The first kappa shape index (κ1) is 37.2. The van der Waals surface area contributed by atoms with E-state index in [4.69, 9.17) is 0 Å². The molecule has 0 aliphatic rings. The average Bonchev–Trinajstić information content (AvgIpc) is 3.99. The molecule has 0 bridgehead atoms. The number of hydrogen-bond acceptors (Lipinski definition) is 0. The van der Waals surface area contributed by atoms with Crippen molar-refractivity contribution in [2.24, 2.45) is 0 Å². The monoisotopic (exact) mass is 829 g/mol. The summed E-state index contributed by atoms with van der Waals surface area (Å²) in [4.78, 5) is 0. The average molecular weight is 830 g/mol. The number of aryl methyl sites for hydroxylation is 2. The highest BCUT2D eigenvalue weighted by Crippen LogP contribution is 2.41. The van der Waals surface area contributed by atoms with Crippen molar-refractivity contribution < 1.29 is 0 Å². The fourth-order valence-corrected chi connectivity index (χ4v) is 10.5. The third-order valence-electron chi connectivity index (χ3n) is 13.5. The Kier molecular flexibility index (Phi) is 8.34. The van der Waals surface area contributed by atoms with Crippen LogP contribution in [0, 0.1) is 13.8 Å². The van der Waals surface area contributed by atoms with Crippen molar-refractivity contribution in [2.45, 2.75) is 13.8 Å². The van der Waals surface area contributed by atoms with Gasteiger partial charge >= 0.3 is 0 Å². The number of fused-ring (bicyclic) bond motifs is 9. The molecule has 0 fully saturated rings. The first-order valence-electron chi connectivity index (χ1n) is 22.5. The summed E-state index contributed by atoms with van der Waals surface area (Å²) in [5.74, 6) is 0. The van der Waals surface area contributed by atoms with Crippen LogP contribution >= 0.6 is 0 Å². The van der Waals surface area contributed by atoms with Crippen LogP contribution in [0.1, 0.15) is 11.1 Å². The number of rotatable bonds is 6. The molecule has 0 radical (unpaired) electrons. The zero-order valence-corrected chi connectivity index (χ0v) is 36.2. The molecule has 10 aromatic carbocycles. The maximum atomic E-state index is 2.46. The normalized spacial score (nSPS) is 11.8. The quantitative estimate of drug-likeness (QED) is 0.159. The van der Waals surface area contributed by atoms with E-state index < -0.39 is 0 Å². The molecule has 0 saturated heterocycles. The zero-order valence-electron chi connectivity index (χ0n) is 36.2. The van der Waals surface area contributed by atoms with Crippen LogP contribution in [0.5, 0.6) is 0 Å². The molecule has 0 aliphatic heterocycles. The number of benzene rings is 10. The summed E-state index contributed by atoms with van der Waals surface area (Å²) in [7, 11) is 0. The van der Waals surface area contributed by atoms with E-state index in [2.05, 4.69) is 252 Å². The first-order valence-corrected chi connectivity index (χ1v) is 22.5. The van der Waals surface area contributed by atoms with Gasteiger partial charge in [0.15, 0.2) is 0 Å². The smallest absolute Gasteiger partial charge is 0.0542 e. The lowest BCUT2D eigenvalue weighted by Crippen LogP contribution is -1.98. The molecule has 0 unspecified atom stereocenters. The molecule has 65 heavy (non-hydrogen) atoms. The van der Waals surface area contributed by atoms with Gasteiger partial charge < -0.3 is 13.7 Å². The summed E-state index contributed by atoms with van der Waals surface area (Å²) in [5, 5.41) is 7.53. The number of para-hydroxylation sites is 2. The fourth-order valence-electron chi connectivity index (χ4n) is 10.5. The second-order valence-corrected chi connectivity index (χ2v) is 17.6. The molecule has 0 spiro atoms. The summed E-state index contributed by atoms with van der Waals surface area (Å²) < 4.78 is 7.33. The van der Waals surface area contributed by atoms with Gasteiger partial charge in [-0.1, -0.05) is 139 Å². The minimum absolute atomic E-state index is 1.12. The van der Waals surface area contributed by atoms with E-state index in [0.717, 1.165) is 28.2 Å². The molecule has 3 heterocycles. The number of hydrogen-bond donors (Lipinski definition) is 0. The van der Waals surface area contributed by atoms with Gasteiger partial charge in [0.25, 0.3) is 0 Å². The van der Waals surface area contributed by atoms with Crippen LogP contribution < -0.4 is 0 Å². The Hall–Kier alpha value is -8.40. The highest BCUT2D eigenvalue weighted by atomic mass is 15.0. The maximum Gasteiger partial charge on any atom is 0.0542 e. The van der Waals surface area contributed by atoms with Gasteiger partial charge in [-0.05, 0) is 144 Å². The first-order chi connectivity index (χ1) is 32.0. The van der Waals surface area contributed by atoms with Crippen LogP contribution in [0.15, 0.2) is 224 Å². The minimum Gasteiger partial charge on any atom is -0.309 e. The van der Waals surface area contributed by atoms with Gasteiger partial charge in [-0.15, -0.1) is 0 Å². The number of nitrogens with zero attached hydrogens (tertiary/aromatic N) is 3. The molecule has 3 aromatic heterocycles. The third kappa shape index (κ3) is 5.97. The topological polar surface area (TPSA) is 14.8 Å². The van der Waals surface area contributed by atoms with Crippen molar-refractivity contribution >= 4 is 65.4 Å². The Labute approximate surface area is 377 Å². The van der Waals surface area contributed by atoms with E-state index in [1.54, 1.807) is 0 Å². The molecule has 13 rings (SSSR count). The van der Waals surface area contributed by atoms with Crippen LogP contribution in [0.25, 0.3) is 116 Å². The summed E-state index contributed by atoms with van der Waals surface area (Å²) in [5.41, 5.74) is 20.3. The minimum atomic E-state index is 1.12. The van der Waals surface area contributed by atoms with Crippen LogP contribution in [0.2, 0.25) is 0 Å². The van der Waals surface area contributed by atoms with Crippen molar-refractivity contribution in [1.29, 1.82) is 0 Å². The Morgan fingerprint density at radius 1 is 0.215 bits per heavy atom. The molecule has 0 N–H and O–H groups in total. The van der Waals surface area contributed by atoms with Crippen molar-refractivity contribution in [3.63, 3.8) is 0 Å². The second kappa shape index (κ2) is 14.6. The van der Waals surface area contributed by atoms with E-state index in [9.17, 15) is 0 Å². The van der Waals surface area contributed by atoms with E-state index in [1.165, 1.54) is 98.8 Å². The molecule has 0 saturated carbocycles. The van der Waals surface area contributed by atoms with Crippen molar-refractivity contribution in [2.75, 3.05) is 0 Å². The summed E-state index contributed by atoms with van der Waals surface area (Å²) >= 11 is 0. The van der Waals surface area contributed by atoms with Crippen LogP contribution in [-0.4, -0.2) is 13.7 Å². The van der Waals surface area contributed by atoms with Crippen LogP contribution in [0.4, 0.5) is 0 Å². The predicted octanol–water partition coefficient (Wildman–Crippen LogP) is 16.6. The summed E-state index contributed by atoms with van der Waals surface area (Å²) in [6.07, 6.45) is 0. The van der Waals surface area contributed by atoms with Gasteiger partial charge in [-0.3, -0.25) is 0 Å². The molecule has 306 valence electrons. The summed E-state index contributed by atoms with van der Waals surface area (Å²) in [6, 6.07) is 82.9. The van der Waals surface area contributed by atoms with Crippen LogP contribution in [0.3, 0.4) is 0 Å². The molecular formula is C62H43N3. The SMILES string of the molecule is Cc1ccc2c(c1)c1cc(C)ccc1n2-c1ccc2c(c1)c1ccccc1n2-c1cc(-c2ccccc2)cc(-c2cccc(-n3c4ccccc4c4cc(-c5ccccc5)ccc43)c2)c1. The van der Waals surface area contributed by atoms with Crippen molar-refractivity contribution in [3.8, 4) is 50.4 Å². The largest absolute Gasteiger partial charge is 0.309 e. The Balaban J connectivity index is 1.000. The van der Waals surface area contributed by atoms with E-state index in [0.29, 0.717) is 0 Å². The maximum absolute atomic E-state index is 2.46. The molecule has 0 aliphatic carbocycles. The second-order valence-electron chi connectivity index (χ2n) is 17.6. The predicted molar refractivity (Wildman–Crippen MR) is 275 cm³/mol. The van der Waals surface area contributed by atoms with Crippen molar-refractivity contribution in [1.82, 2.24) is 13.7 Å². The highest BCUT2D eigenvalue weighted by molar-refractivity contribution is 6.13. The molecule has 3 heteroatoms. The van der Waals surface area contributed by atoms with Gasteiger partial charge in [-0.25, -0.2) is 0 Å². The molecular weight excluding hydrogens is 787 g/mol. The van der Waals surface area contributed by atoms with E-state index in [1.807, 2.05) is 0 Å². The van der Waals surface area contributed by atoms with Gasteiger partial charge in [0, 0.05) is 49.4 Å². The van der Waals surface area contributed by atoms with Gasteiger partial charge in [-0.2, -0.15) is 0 Å². The highest BCUT2D eigenvalue weighted by Gasteiger charge is 2.19. The lowest BCUT2D eigenvalue weighted by molar-refractivity contribution is 1.16. The van der Waals surface area contributed by atoms with Gasteiger partial charge in [0.05, 0.1) is 33.1 Å². The summed E-state index contributed by atoms with van der Waals surface area (Å²) in [6.45, 7) is 4.36. The fraction of sp³-hybridized carbons (Fsp3) is 0.0323. The van der Waals surface area contributed by atoms with Gasteiger partial charge in [0.2, 0.25) is 0 Å². The zero-order chi connectivity index (χ0) is 43.2. The molecule has 0 amide bonds. The van der Waals surface area contributed by atoms with Gasteiger partial charge in [0.1, 0.15) is 0 Å². The van der Waals surface area contributed by atoms with E-state index in [-0.39, 0.29) is 0 Å². The molecule has 0 atom stereocenters.